The topological polar surface area (TPSA) is 89.6 Å². The van der Waals surface area contributed by atoms with Gasteiger partial charge in [-0.05, 0) is 84.3 Å². The second kappa shape index (κ2) is 9.28. The van der Waals surface area contributed by atoms with E-state index in [0.29, 0.717) is 43.4 Å². The van der Waals surface area contributed by atoms with Crippen LogP contribution in [0.1, 0.15) is 56.9 Å². The van der Waals surface area contributed by atoms with Crippen LogP contribution < -0.4 is 5.73 Å². The summed E-state index contributed by atoms with van der Waals surface area (Å²) >= 11 is 0. The number of ether oxygens (including phenoxy) is 1. The molecule has 0 heterocycles. The van der Waals surface area contributed by atoms with Crippen LogP contribution >= 0.6 is 0 Å². The fourth-order valence-corrected chi connectivity index (χ4v) is 7.87. The predicted molar refractivity (Wildman–Crippen MR) is 136 cm³/mol. The maximum absolute atomic E-state index is 15.7. The second-order valence-electron chi connectivity index (χ2n) is 11.0. The van der Waals surface area contributed by atoms with Crippen molar-refractivity contribution in [3.8, 4) is 11.8 Å². The summed E-state index contributed by atoms with van der Waals surface area (Å²) in [6.07, 6.45) is 3.59. The molecule has 3 N–H and O–H groups in total. The average molecular weight is 492 g/mol. The minimum absolute atomic E-state index is 0.00976. The minimum atomic E-state index is -1.19. The van der Waals surface area contributed by atoms with Gasteiger partial charge in [-0.2, -0.15) is 0 Å². The van der Waals surface area contributed by atoms with E-state index >= 15 is 4.39 Å². The number of benzene rings is 1. The van der Waals surface area contributed by atoms with E-state index in [2.05, 4.69) is 18.8 Å². The van der Waals surface area contributed by atoms with Crippen molar-refractivity contribution >= 4 is 17.3 Å². The summed E-state index contributed by atoms with van der Waals surface area (Å²) in [6, 6.07) is 7.82. The van der Waals surface area contributed by atoms with Crippen LogP contribution in [0.4, 0.5) is 10.1 Å². The Hall–Kier alpha value is -2.75. The van der Waals surface area contributed by atoms with Gasteiger partial charge in [-0.15, -0.1) is 0 Å². The lowest BCUT2D eigenvalue weighted by atomic mass is 9.48. The molecule has 5 nitrogen and oxygen atoms in total. The van der Waals surface area contributed by atoms with Gasteiger partial charge in [-0.1, -0.05) is 36.5 Å². The molecule has 5 rings (SSSR count). The van der Waals surface area contributed by atoms with Gasteiger partial charge in [0, 0.05) is 25.1 Å². The Morgan fingerprint density at radius 3 is 2.72 bits per heavy atom. The summed E-state index contributed by atoms with van der Waals surface area (Å²) in [5, 5.41) is 9.54. The van der Waals surface area contributed by atoms with Crippen molar-refractivity contribution in [1.29, 1.82) is 0 Å². The molecule has 190 valence electrons. The van der Waals surface area contributed by atoms with Gasteiger partial charge in [0.25, 0.3) is 0 Å². The van der Waals surface area contributed by atoms with Crippen LogP contribution in [0.3, 0.4) is 0 Å². The first-order valence-electron chi connectivity index (χ1n) is 12.9. The Balaban J connectivity index is 1.72. The first kappa shape index (κ1) is 24.9. The molecule has 0 aliphatic heterocycles. The molecule has 1 aromatic rings. The number of nitrogen functional groups attached to an aromatic ring is 1. The number of carbonyl (C=O) groups is 2. The number of Topliss-reactive ketones (excluding diaryl/α,β-unsaturated/α-hetero) is 1. The van der Waals surface area contributed by atoms with Crippen LogP contribution in [0.5, 0.6) is 0 Å². The zero-order valence-electron chi connectivity index (χ0n) is 21.0. The first-order chi connectivity index (χ1) is 17.3. The van der Waals surface area contributed by atoms with Crippen LogP contribution in [0.25, 0.3) is 0 Å². The molecule has 0 spiro atoms. The number of allylic oxidation sites excluding steroid dienone is 4. The van der Waals surface area contributed by atoms with Gasteiger partial charge in [0.1, 0.15) is 19.4 Å². The third-order valence-electron chi connectivity index (χ3n) is 9.42. The lowest BCUT2D eigenvalue weighted by Gasteiger charge is -2.55. The van der Waals surface area contributed by atoms with Crippen molar-refractivity contribution in [3.63, 3.8) is 0 Å². The molecule has 1 unspecified atom stereocenters. The van der Waals surface area contributed by atoms with Gasteiger partial charge in [0.05, 0.1) is 5.41 Å². The van der Waals surface area contributed by atoms with Gasteiger partial charge in [0.15, 0.2) is 11.6 Å². The predicted octanol–water partition coefficient (Wildman–Crippen LogP) is 4.31. The van der Waals surface area contributed by atoms with Gasteiger partial charge in [0.2, 0.25) is 0 Å². The number of hydrogen-bond acceptors (Lipinski definition) is 5. The van der Waals surface area contributed by atoms with Gasteiger partial charge >= 0.3 is 0 Å². The van der Waals surface area contributed by atoms with Crippen LogP contribution in [0, 0.1) is 34.5 Å². The number of halogens is 1. The molecular weight excluding hydrogens is 457 g/mol. The second-order valence-corrected chi connectivity index (χ2v) is 11.0. The largest absolute Gasteiger partial charge is 0.399 e. The normalized spacial score (nSPS) is 35.2. The summed E-state index contributed by atoms with van der Waals surface area (Å²) in [4.78, 5) is 25.9. The summed E-state index contributed by atoms with van der Waals surface area (Å²) in [5.74, 6) is 5.90. The van der Waals surface area contributed by atoms with E-state index in [-0.39, 0.29) is 42.5 Å². The molecule has 1 aromatic carbocycles. The Morgan fingerprint density at radius 2 is 2.03 bits per heavy atom. The average Bonchev–Trinajstić information content (AvgIpc) is 3.16. The Labute approximate surface area is 212 Å². The SMILES string of the molecule is COCC(=O)[C@]1(C#CCO)CC[C@H]2[C@@H]3CC(F)C4=CC(=O)CCC4=C3[C@@H](c3ccc(N)cc3)C[C@@]21C. The van der Waals surface area contributed by atoms with E-state index < -0.39 is 17.0 Å². The molecule has 2 fully saturated rings. The highest BCUT2D eigenvalue weighted by Gasteiger charge is 2.66. The fourth-order valence-electron chi connectivity index (χ4n) is 7.87. The maximum atomic E-state index is 15.7. The number of hydrogen-bond donors (Lipinski definition) is 2. The highest BCUT2D eigenvalue weighted by atomic mass is 19.1. The van der Waals surface area contributed by atoms with Crippen molar-refractivity contribution in [2.45, 2.75) is 57.5 Å². The van der Waals surface area contributed by atoms with Gasteiger partial charge in [-0.3, -0.25) is 9.59 Å². The third-order valence-corrected chi connectivity index (χ3v) is 9.42. The lowest BCUT2D eigenvalue weighted by molar-refractivity contribution is -0.136. The smallest absolute Gasteiger partial charge is 0.176 e. The highest BCUT2D eigenvalue weighted by Crippen LogP contribution is 2.69. The standard InChI is InChI=1S/C30H34FNO4/c1-29-16-24(18-4-6-19(32)7-5-18)28-21-9-8-20(34)14-22(21)26(31)15-23(28)25(29)10-12-30(29,11-3-13-33)27(35)17-36-2/h4-7,14,23-26,33H,8-10,12-13,15-17,32H2,1-2H3/t23-,24+,25-,26?,29-,30-/m0/s1. The monoisotopic (exact) mass is 491 g/mol. The molecule has 0 radical (unpaired) electrons. The fraction of sp³-hybridized carbons (Fsp3) is 0.533. The number of methoxy groups -OCH3 is 1. The zero-order chi connectivity index (χ0) is 25.7. The number of aliphatic hydroxyl groups excluding tert-OH is 1. The number of fused-ring (bicyclic) bond motifs is 4. The number of carbonyl (C=O) groups excluding carboxylic acids is 2. The molecule has 6 heteroatoms. The van der Waals surface area contributed by atoms with Gasteiger partial charge < -0.3 is 15.6 Å². The molecule has 0 amide bonds. The molecule has 0 bridgehead atoms. The molecule has 6 atom stereocenters. The Bertz CT molecular complexity index is 1210. The summed E-state index contributed by atoms with van der Waals surface area (Å²) in [7, 11) is 1.51. The first-order valence-corrected chi connectivity index (χ1v) is 12.9. The Morgan fingerprint density at radius 1 is 1.28 bits per heavy atom. The molecule has 0 saturated heterocycles. The van der Waals surface area contributed by atoms with Crippen LogP contribution in [0.2, 0.25) is 0 Å². The van der Waals surface area contributed by atoms with Crippen LogP contribution in [-0.4, -0.2) is 43.2 Å². The molecular formula is C30H34FNO4. The zero-order valence-corrected chi connectivity index (χ0v) is 21.0. The quantitative estimate of drug-likeness (QED) is 0.484. The van der Waals surface area contributed by atoms with E-state index in [1.807, 2.05) is 24.3 Å². The van der Waals surface area contributed by atoms with Gasteiger partial charge in [-0.25, -0.2) is 4.39 Å². The summed E-state index contributed by atoms with van der Waals surface area (Å²) in [5.41, 5.74) is 9.05. The van der Waals surface area contributed by atoms with E-state index in [1.54, 1.807) is 0 Å². The molecule has 0 aromatic heterocycles. The van der Waals surface area contributed by atoms with E-state index in [9.17, 15) is 14.7 Å². The molecule has 4 aliphatic rings. The van der Waals surface area contributed by atoms with Crippen molar-refractivity contribution in [2.24, 2.45) is 22.7 Å². The number of aliphatic hydroxyl groups is 1. The third kappa shape index (κ3) is 3.67. The number of anilines is 1. The van der Waals surface area contributed by atoms with Crippen molar-refractivity contribution < 1.29 is 23.8 Å². The van der Waals surface area contributed by atoms with Crippen molar-refractivity contribution in [1.82, 2.24) is 0 Å². The van der Waals surface area contributed by atoms with E-state index in [0.717, 1.165) is 17.6 Å². The van der Waals surface area contributed by atoms with Crippen molar-refractivity contribution in [3.05, 3.63) is 52.6 Å². The number of alkyl halides is 1. The summed E-state index contributed by atoms with van der Waals surface area (Å²) < 4.78 is 21.0. The van der Waals surface area contributed by atoms with E-state index in [4.69, 9.17) is 10.5 Å². The molecule has 36 heavy (non-hydrogen) atoms. The summed E-state index contributed by atoms with van der Waals surface area (Å²) in [6.45, 7) is 1.77. The maximum Gasteiger partial charge on any atom is 0.176 e. The number of ketones is 2. The van der Waals surface area contributed by atoms with Crippen LogP contribution in [0.15, 0.2) is 47.1 Å². The van der Waals surface area contributed by atoms with Crippen molar-refractivity contribution in [2.75, 3.05) is 26.1 Å². The number of rotatable bonds is 4. The lowest BCUT2D eigenvalue weighted by Crippen LogP contribution is -2.52. The van der Waals surface area contributed by atoms with E-state index in [1.165, 1.54) is 18.8 Å². The highest BCUT2D eigenvalue weighted by molar-refractivity contribution is 5.93. The Kier molecular flexibility index (Phi) is 6.43. The van der Waals surface area contributed by atoms with Crippen LogP contribution in [-0.2, 0) is 14.3 Å². The number of nitrogens with two attached hydrogens (primary N) is 1. The minimum Gasteiger partial charge on any atom is -0.399 e. The molecule has 2 saturated carbocycles. The molecule has 4 aliphatic carbocycles.